The van der Waals surface area contributed by atoms with Crippen molar-refractivity contribution in [1.82, 2.24) is 5.43 Å². The zero-order chi connectivity index (χ0) is 17.7. The normalized spacial score (nSPS) is 13.9. The standard InChI is InChI=1S/C16H16N2O5S/c17-18-13(14(19)11-7-3-1-4-8-11)15(16(20)21)24(22,23)12-9-5-2-6-10-12/h1-10,13,15,18H,17H2,(H,20,21)/t13?,15-/m0/s1. The summed E-state index contributed by atoms with van der Waals surface area (Å²) in [5, 5.41) is 7.38. The molecule has 0 heterocycles. The van der Waals surface area contributed by atoms with Gasteiger partial charge in [0, 0.05) is 5.56 Å². The lowest BCUT2D eigenvalue weighted by Gasteiger charge is -2.22. The van der Waals surface area contributed by atoms with Crippen LogP contribution in [-0.4, -0.2) is 36.6 Å². The number of sulfone groups is 1. The number of carbonyl (C=O) groups is 2. The molecule has 0 aromatic heterocycles. The van der Waals surface area contributed by atoms with Crippen LogP contribution < -0.4 is 11.3 Å². The third-order valence-corrected chi connectivity index (χ3v) is 5.54. The number of aliphatic carboxylic acids is 1. The van der Waals surface area contributed by atoms with Crippen LogP contribution >= 0.6 is 0 Å². The predicted molar refractivity (Wildman–Crippen MR) is 86.9 cm³/mol. The maximum Gasteiger partial charge on any atom is 0.324 e. The average molecular weight is 348 g/mol. The van der Waals surface area contributed by atoms with Gasteiger partial charge in [0.15, 0.2) is 20.9 Å². The fourth-order valence-electron chi connectivity index (χ4n) is 2.29. The first-order valence-electron chi connectivity index (χ1n) is 6.96. The Labute approximate surface area is 139 Å². The van der Waals surface area contributed by atoms with Gasteiger partial charge in [-0.1, -0.05) is 48.5 Å². The molecule has 0 aliphatic rings. The van der Waals surface area contributed by atoms with Crippen LogP contribution in [0, 0.1) is 0 Å². The van der Waals surface area contributed by atoms with Gasteiger partial charge in [-0.15, -0.1) is 0 Å². The van der Waals surface area contributed by atoms with E-state index in [-0.39, 0.29) is 10.5 Å². The number of nitrogens with two attached hydrogens (primary N) is 1. The maximum atomic E-state index is 12.7. The maximum absolute atomic E-state index is 12.7. The Morgan fingerprint density at radius 2 is 1.46 bits per heavy atom. The van der Waals surface area contributed by atoms with E-state index in [0.29, 0.717) is 0 Å². The summed E-state index contributed by atoms with van der Waals surface area (Å²) in [4.78, 5) is 24.0. The van der Waals surface area contributed by atoms with Crippen LogP contribution in [0.5, 0.6) is 0 Å². The van der Waals surface area contributed by atoms with Gasteiger partial charge in [0.2, 0.25) is 0 Å². The molecule has 2 rings (SSSR count). The number of rotatable bonds is 7. The minimum absolute atomic E-state index is 0.162. The summed E-state index contributed by atoms with van der Waals surface area (Å²) in [7, 11) is -4.33. The fourth-order valence-corrected chi connectivity index (χ4v) is 3.95. The zero-order valence-electron chi connectivity index (χ0n) is 12.5. The first-order chi connectivity index (χ1) is 11.4. The summed E-state index contributed by atoms with van der Waals surface area (Å²) in [5.74, 6) is 2.95. The Balaban J connectivity index is 2.49. The lowest BCUT2D eigenvalue weighted by molar-refractivity contribution is -0.136. The van der Waals surface area contributed by atoms with Crippen molar-refractivity contribution < 1.29 is 23.1 Å². The van der Waals surface area contributed by atoms with Gasteiger partial charge in [-0.05, 0) is 12.1 Å². The van der Waals surface area contributed by atoms with E-state index in [1.807, 2.05) is 5.43 Å². The number of carboxylic acids is 1. The molecule has 0 radical (unpaired) electrons. The van der Waals surface area contributed by atoms with Gasteiger partial charge in [0.25, 0.3) is 0 Å². The van der Waals surface area contributed by atoms with Crippen LogP contribution in [-0.2, 0) is 14.6 Å². The third kappa shape index (κ3) is 3.51. The Bertz CT molecular complexity index is 822. The number of Topliss-reactive ketones (excluding diaryl/α,β-unsaturated/α-hetero) is 1. The number of hydrazine groups is 1. The van der Waals surface area contributed by atoms with Crippen molar-refractivity contribution in [2.24, 2.45) is 5.84 Å². The molecule has 1 unspecified atom stereocenters. The van der Waals surface area contributed by atoms with E-state index < -0.39 is 32.9 Å². The lowest BCUT2D eigenvalue weighted by atomic mass is 10.0. The molecule has 2 atom stereocenters. The summed E-state index contributed by atoms with van der Waals surface area (Å²) < 4.78 is 25.4. The van der Waals surface area contributed by atoms with E-state index >= 15 is 0 Å². The van der Waals surface area contributed by atoms with E-state index in [1.165, 1.54) is 36.4 Å². The molecular formula is C16H16N2O5S. The summed E-state index contributed by atoms with van der Waals surface area (Å²) in [6, 6.07) is 13.2. The molecule has 0 bridgehead atoms. The Hall–Kier alpha value is -2.55. The van der Waals surface area contributed by atoms with E-state index in [1.54, 1.807) is 24.3 Å². The molecule has 0 saturated heterocycles. The van der Waals surface area contributed by atoms with E-state index in [0.717, 1.165) is 0 Å². The van der Waals surface area contributed by atoms with Crippen LogP contribution in [0.3, 0.4) is 0 Å². The van der Waals surface area contributed by atoms with Crippen molar-refractivity contribution in [3.8, 4) is 0 Å². The molecule has 0 spiro atoms. The second-order valence-corrected chi connectivity index (χ2v) is 7.06. The summed E-state index contributed by atoms with van der Waals surface area (Å²) in [5.41, 5.74) is 2.21. The monoisotopic (exact) mass is 348 g/mol. The molecule has 0 saturated carbocycles. The molecule has 24 heavy (non-hydrogen) atoms. The molecule has 0 aliphatic carbocycles. The second kappa shape index (κ2) is 7.35. The van der Waals surface area contributed by atoms with Gasteiger partial charge in [-0.3, -0.25) is 15.4 Å². The Kier molecular flexibility index (Phi) is 5.45. The number of ketones is 1. The highest BCUT2D eigenvalue weighted by atomic mass is 32.2. The minimum atomic E-state index is -4.33. The molecular weight excluding hydrogens is 332 g/mol. The SMILES string of the molecule is NNC(C(=O)c1ccccc1)[C@@H](C(=O)O)S(=O)(=O)c1ccccc1. The highest BCUT2D eigenvalue weighted by Crippen LogP contribution is 2.20. The Morgan fingerprint density at radius 3 is 1.92 bits per heavy atom. The van der Waals surface area contributed by atoms with E-state index in [2.05, 4.69) is 0 Å². The molecule has 0 amide bonds. The average Bonchev–Trinajstić information content (AvgIpc) is 2.60. The molecule has 126 valence electrons. The minimum Gasteiger partial charge on any atom is -0.480 e. The van der Waals surface area contributed by atoms with Crippen LogP contribution in [0.4, 0.5) is 0 Å². The third-order valence-electron chi connectivity index (χ3n) is 3.47. The molecule has 7 nitrogen and oxygen atoms in total. The van der Waals surface area contributed by atoms with Crippen LogP contribution in [0.1, 0.15) is 10.4 Å². The molecule has 0 aliphatic heterocycles. The topological polar surface area (TPSA) is 127 Å². The molecule has 0 fully saturated rings. The number of hydrogen-bond acceptors (Lipinski definition) is 6. The zero-order valence-corrected chi connectivity index (χ0v) is 13.3. The predicted octanol–water partition coefficient (Wildman–Crippen LogP) is 0.628. The largest absolute Gasteiger partial charge is 0.480 e. The summed E-state index contributed by atoms with van der Waals surface area (Å²) in [6.45, 7) is 0. The van der Waals surface area contributed by atoms with Gasteiger partial charge in [-0.2, -0.15) is 0 Å². The smallest absolute Gasteiger partial charge is 0.324 e. The van der Waals surface area contributed by atoms with Crippen molar-refractivity contribution in [2.45, 2.75) is 16.2 Å². The number of benzene rings is 2. The summed E-state index contributed by atoms with van der Waals surface area (Å²) in [6.07, 6.45) is 0. The summed E-state index contributed by atoms with van der Waals surface area (Å²) >= 11 is 0. The van der Waals surface area contributed by atoms with Gasteiger partial charge in [0.05, 0.1) is 4.90 Å². The second-order valence-electron chi connectivity index (χ2n) is 4.99. The van der Waals surface area contributed by atoms with Crippen LogP contribution in [0.2, 0.25) is 0 Å². The van der Waals surface area contributed by atoms with Gasteiger partial charge in [-0.25, -0.2) is 13.8 Å². The van der Waals surface area contributed by atoms with Crippen LogP contribution in [0.25, 0.3) is 0 Å². The highest BCUT2D eigenvalue weighted by molar-refractivity contribution is 7.92. The van der Waals surface area contributed by atoms with Gasteiger partial charge < -0.3 is 5.11 Å². The van der Waals surface area contributed by atoms with E-state index in [4.69, 9.17) is 5.84 Å². The molecule has 2 aromatic rings. The first kappa shape index (κ1) is 17.8. The number of carboxylic acid groups (broad SMARTS) is 1. The number of carbonyl (C=O) groups excluding carboxylic acids is 1. The van der Waals surface area contributed by atoms with Gasteiger partial charge >= 0.3 is 5.97 Å². The van der Waals surface area contributed by atoms with Crippen molar-refractivity contribution in [3.63, 3.8) is 0 Å². The number of nitrogens with one attached hydrogen (secondary N) is 1. The van der Waals surface area contributed by atoms with Crippen molar-refractivity contribution in [3.05, 3.63) is 66.2 Å². The quantitative estimate of drug-likeness (QED) is 0.380. The molecule has 8 heteroatoms. The van der Waals surface area contributed by atoms with Crippen molar-refractivity contribution >= 4 is 21.6 Å². The molecule has 2 aromatic carbocycles. The molecule has 4 N–H and O–H groups in total. The first-order valence-corrected chi connectivity index (χ1v) is 8.51. The fraction of sp³-hybridized carbons (Fsp3) is 0.125. The van der Waals surface area contributed by atoms with Crippen molar-refractivity contribution in [1.29, 1.82) is 0 Å². The van der Waals surface area contributed by atoms with Gasteiger partial charge in [0.1, 0.15) is 6.04 Å². The van der Waals surface area contributed by atoms with Crippen LogP contribution in [0.15, 0.2) is 65.6 Å². The van der Waals surface area contributed by atoms with E-state index in [9.17, 15) is 23.1 Å². The lowest BCUT2D eigenvalue weighted by Crippen LogP contribution is -2.55. The highest BCUT2D eigenvalue weighted by Gasteiger charge is 2.44. The number of hydrogen-bond donors (Lipinski definition) is 3. The Morgan fingerprint density at radius 1 is 0.958 bits per heavy atom. The van der Waals surface area contributed by atoms with Crippen molar-refractivity contribution in [2.75, 3.05) is 0 Å².